The van der Waals surface area contributed by atoms with E-state index < -0.39 is 0 Å². The van der Waals surface area contributed by atoms with Crippen LogP contribution in [0, 0.1) is 0 Å². The molecule has 1 heterocycles. The Kier molecular flexibility index (Phi) is 4.18. The second-order valence-corrected chi connectivity index (χ2v) is 4.96. The first-order valence-corrected chi connectivity index (χ1v) is 6.61. The molecule has 1 N–H and O–H groups in total. The van der Waals surface area contributed by atoms with Gasteiger partial charge in [0.25, 0.3) is 0 Å². The van der Waals surface area contributed by atoms with Crippen molar-refractivity contribution in [3.05, 3.63) is 22.4 Å². The molecule has 2 nitrogen and oxygen atoms in total. The van der Waals surface area contributed by atoms with E-state index in [1.54, 1.807) is 11.3 Å². The summed E-state index contributed by atoms with van der Waals surface area (Å²) < 4.78 is 5.51. The third-order valence-corrected chi connectivity index (χ3v) is 3.89. The van der Waals surface area contributed by atoms with E-state index in [-0.39, 0.29) is 0 Å². The lowest BCUT2D eigenvalue weighted by atomic mass is 9.92. The van der Waals surface area contributed by atoms with Crippen LogP contribution in [0.5, 0.6) is 0 Å². The largest absolute Gasteiger partial charge is 0.380 e. The maximum atomic E-state index is 5.51. The molecule has 1 fully saturated rings. The predicted octanol–water partition coefficient (Wildman–Crippen LogP) is 2.80. The summed E-state index contributed by atoms with van der Waals surface area (Å²) in [6, 6.07) is 2.73. The zero-order valence-corrected chi connectivity index (χ0v) is 10.1. The molecular formula is C12H19NOS. The molecular weight excluding hydrogens is 206 g/mol. The Morgan fingerprint density at radius 3 is 3.07 bits per heavy atom. The Morgan fingerprint density at radius 2 is 2.33 bits per heavy atom. The summed E-state index contributed by atoms with van der Waals surface area (Å²) in [6.45, 7) is 0.980. The Bertz CT molecular complexity index is 273. The second kappa shape index (κ2) is 5.64. The van der Waals surface area contributed by atoms with Crippen LogP contribution in [0.3, 0.4) is 0 Å². The Hall–Kier alpha value is -0.380. The van der Waals surface area contributed by atoms with Gasteiger partial charge in [0.15, 0.2) is 0 Å². The number of hydrogen-bond acceptors (Lipinski definition) is 3. The second-order valence-electron chi connectivity index (χ2n) is 4.18. The number of hydrogen-bond donors (Lipinski definition) is 1. The molecule has 0 spiro atoms. The van der Waals surface area contributed by atoms with E-state index in [2.05, 4.69) is 22.1 Å². The molecule has 0 radical (unpaired) electrons. The predicted molar refractivity (Wildman–Crippen MR) is 64.2 cm³/mol. The summed E-state index contributed by atoms with van der Waals surface area (Å²) in [5.74, 6) is 0. The van der Waals surface area contributed by atoms with Crippen LogP contribution in [-0.4, -0.2) is 19.3 Å². The highest BCUT2D eigenvalue weighted by atomic mass is 32.1. The zero-order chi connectivity index (χ0) is 10.5. The summed E-state index contributed by atoms with van der Waals surface area (Å²) in [5.41, 5.74) is 1.39. The van der Waals surface area contributed by atoms with Gasteiger partial charge in [0, 0.05) is 19.7 Å². The van der Waals surface area contributed by atoms with Gasteiger partial charge in [-0.1, -0.05) is 12.8 Å². The van der Waals surface area contributed by atoms with Gasteiger partial charge in [0.05, 0.1) is 6.10 Å². The molecule has 2 rings (SSSR count). The molecule has 1 aliphatic carbocycles. The van der Waals surface area contributed by atoms with E-state index >= 15 is 0 Å². The zero-order valence-electron chi connectivity index (χ0n) is 9.24. The van der Waals surface area contributed by atoms with Gasteiger partial charge in [-0.2, -0.15) is 11.3 Å². The number of thiophene rings is 1. The van der Waals surface area contributed by atoms with Crippen molar-refractivity contribution in [1.29, 1.82) is 0 Å². The number of rotatable bonds is 4. The minimum atomic E-state index is 0.414. The van der Waals surface area contributed by atoms with Gasteiger partial charge in [-0.25, -0.2) is 0 Å². The molecule has 3 heteroatoms. The van der Waals surface area contributed by atoms with Gasteiger partial charge >= 0.3 is 0 Å². The van der Waals surface area contributed by atoms with Gasteiger partial charge in [-0.15, -0.1) is 0 Å². The number of ether oxygens (including phenoxy) is 1. The van der Waals surface area contributed by atoms with Crippen molar-refractivity contribution >= 4 is 11.3 Å². The molecule has 0 aromatic carbocycles. The van der Waals surface area contributed by atoms with Gasteiger partial charge in [0.2, 0.25) is 0 Å². The first-order chi connectivity index (χ1) is 7.40. The van der Waals surface area contributed by atoms with E-state index in [1.165, 1.54) is 31.2 Å². The van der Waals surface area contributed by atoms with Crippen molar-refractivity contribution < 1.29 is 4.74 Å². The summed E-state index contributed by atoms with van der Waals surface area (Å²) >= 11 is 1.76. The third-order valence-electron chi connectivity index (χ3n) is 3.15. The molecule has 1 aromatic rings. The minimum absolute atomic E-state index is 0.414. The highest BCUT2D eigenvalue weighted by Crippen LogP contribution is 2.21. The van der Waals surface area contributed by atoms with Crippen molar-refractivity contribution in [1.82, 2.24) is 5.32 Å². The van der Waals surface area contributed by atoms with Crippen LogP contribution in [0.4, 0.5) is 0 Å². The molecule has 0 amide bonds. The van der Waals surface area contributed by atoms with Crippen molar-refractivity contribution in [3.8, 4) is 0 Å². The fourth-order valence-corrected chi connectivity index (χ4v) is 2.92. The van der Waals surface area contributed by atoms with Crippen molar-refractivity contribution in [3.63, 3.8) is 0 Å². The van der Waals surface area contributed by atoms with Gasteiger partial charge in [0.1, 0.15) is 0 Å². The maximum Gasteiger partial charge on any atom is 0.0724 e. The molecule has 2 atom stereocenters. The molecule has 1 aromatic heterocycles. The third kappa shape index (κ3) is 3.03. The molecule has 0 saturated heterocycles. The average Bonchev–Trinajstić information content (AvgIpc) is 2.79. The number of methoxy groups -OCH3 is 1. The van der Waals surface area contributed by atoms with E-state index in [4.69, 9.17) is 4.74 Å². The molecule has 0 aliphatic heterocycles. The highest BCUT2D eigenvalue weighted by molar-refractivity contribution is 7.07. The van der Waals surface area contributed by atoms with Gasteiger partial charge in [-0.05, 0) is 35.2 Å². The minimum Gasteiger partial charge on any atom is -0.380 e. The Morgan fingerprint density at radius 1 is 1.47 bits per heavy atom. The first-order valence-electron chi connectivity index (χ1n) is 5.67. The Balaban J connectivity index is 1.81. The average molecular weight is 225 g/mol. The molecule has 1 aliphatic rings. The van der Waals surface area contributed by atoms with Crippen LogP contribution in [0.15, 0.2) is 16.8 Å². The topological polar surface area (TPSA) is 21.3 Å². The molecule has 2 unspecified atom stereocenters. The molecule has 0 bridgehead atoms. The fraction of sp³-hybridized carbons (Fsp3) is 0.667. The normalized spacial score (nSPS) is 26.7. The molecule has 1 saturated carbocycles. The molecule has 84 valence electrons. The quantitative estimate of drug-likeness (QED) is 0.851. The van der Waals surface area contributed by atoms with Crippen molar-refractivity contribution in [2.45, 2.75) is 44.4 Å². The van der Waals surface area contributed by atoms with Crippen LogP contribution in [0.25, 0.3) is 0 Å². The highest BCUT2D eigenvalue weighted by Gasteiger charge is 2.23. The van der Waals surface area contributed by atoms with Crippen molar-refractivity contribution in [2.24, 2.45) is 0 Å². The lowest BCUT2D eigenvalue weighted by molar-refractivity contribution is 0.0413. The van der Waals surface area contributed by atoms with Crippen LogP contribution in [0.1, 0.15) is 31.2 Å². The summed E-state index contributed by atoms with van der Waals surface area (Å²) in [4.78, 5) is 0. The van der Waals surface area contributed by atoms with Crippen LogP contribution < -0.4 is 5.32 Å². The fourth-order valence-electron chi connectivity index (χ4n) is 2.25. The number of nitrogens with one attached hydrogen (secondary N) is 1. The summed E-state index contributed by atoms with van der Waals surface area (Å²) in [7, 11) is 1.83. The van der Waals surface area contributed by atoms with Crippen molar-refractivity contribution in [2.75, 3.05) is 7.11 Å². The first kappa shape index (κ1) is 11.1. The maximum absolute atomic E-state index is 5.51. The standard InChI is InChI=1S/C12H19NOS/c1-14-12-5-3-2-4-11(12)13-8-10-6-7-15-9-10/h6-7,9,11-13H,2-5,8H2,1H3. The van der Waals surface area contributed by atoms with Gasteiger partial charge in [-0.3, -0.25) is 0 Å². The Labute approximate surface area is 95.6 Å². The van der Waals surface area contributed by atoms with E-state index in [0.717, 1.165) is 6.54 Å². The van der Waals surface area contributed by atoms with Crippen LogP contribution >= 0.6 is 11.3 Å². The van der Waals surface area contributed by atoms with E-state index in [1.807, 2.05) is 7.11 Å². The molecule has 15 heavy (non-hydrogen) atoms. The van der Waals surface area contributed by atoms with E-state index in [0.29, 0.717) is 12.1 Å². The lowest BCUT2D eigenvalue weighted by Crippen LogP contribution is -2.42. The SMILES string of the molecule is COC1CCCCC1NCc1ccsc1. The van der Waals surface area contributed by atoms with E-state index in [9.17, 15) is 0 Å². The monoisotopic (exact) mass is 225 g/mol. The summed E-state index contributed by atoms with van der Waals surface area (Å²) in [6.07, 6.45) is 5.52. The van der Waals surface area contributed by atoms with Crippen LogP contribution in [0.2, 0.25) is 0 Å². The smallest absolute Gasteiger partial charge is 0.0724 e. The summed E-state index contributed by atoms with van der Waals surface area (Å²) in [5, 5.41) is 7.94. The lowest BCUT2D eigenvalue weighted by Gasteiger charge is -2.31. The van der Waals surface area contributed by atoms with Gasteiger partial charge < -0.3 is 10.1 Å². The van der Waals surface area contributed by atoms with Crippen LogP contribution in [-0.2, 0) is 11.3 Å².